The lowest BCUT2D eigenvalue weighted by Gasteiger charge is -2.11. The molecule has 3 aromatic rings. The first-order valence-electron chi connectivity index (χ1n) is 7.47. The van der Waals surface area contributed by atoms with Crippen LogP contribution in [-0.2, 0) is 0 Å². The summed E-state index contributed by atoms with van der Waals surface area (Å²) >= 11 is 6.03. The molecule has 0 amide bonds. The smallest absolute Gasteiger partial charge is 0.335 e. The minimum absolute atomic E-state index is 0.201. The standard InChI is InChI=1S/C18H15ClN4O2/c1-11-5-6-13(19)8-15(11)23-17-9-16(20-10-21-17)22-14-4-2-3-12(7-14)18(24)25/h2-10H,1H3,(H,24,25)(H2,20,21,22,23). The number of carboxylic acids is 1. The third-order valence-corrected chi connectivity index (χ3v) is 3.75. The summed E-state index contributed by atoms with van der Waals surface area (Å²) in [5.74, 6) is 0.155. The number of benzene rings is 2. The number of aromatic carboxylic acids is 1. The summed E-state index contributed by atoms with van der Waals surface area (Å²) in [6.07, 6.45) is 1.42. The van der Waals surface area contributed by atoms with E-state index in [0.29, 0.717) is 22.3 Å². The summed E-state index contributed by atoms with van der Waals surface area (Å²) in [4.78, 5) is 19.4. The quantitative estimate of drug-likeness (QED) is 0.619. The van der Waals surface area contributed by atoms with E-state index in [1.165, 1.54) is 12.4 Å². The van der Waals surface area contributed by atoms with E-state index < -0.39 is 5.97 Å². The number of aromatic nitrogens is 2. The predicted molar refractivity (Wildman–Crippen MR) is 98.2 cm³/mol. The van der Waals surface area contributed by atoms with E-state index in [1.54, 1.807) is 24.3 Å². The van der Waals surface area contributed by atoms with Crippen molar-refractivity contribution in [2.45, 2.75) is 6.92 Å². The molecule has 126 valence electrons. The van der Waals surface area contributed by atoms with Gasteiger partial charge < -0.3 is 15.7 Å². The zero-order valence-electron chi connectivity index (χ0n) is 13.3. The van der Waals surface area contributed by atoms with Crippen LogP contribution in [0.2, 0.25) is 5.02 Å². The van der Waals surface area contributed by atoms with Gasteiger partial charge in [-0.1, -0.05) is 23.7 Å². The molecule has 6 nitrogen and oxygen atoms in total. The van der Waals surface area contributed by atoms with Crippen molar-refractivity contribution in [3.8, 4) is 0 Å². The molecular weight excluding hydrogens is 340 g/mol. The van der Waals surface area contributed by atoms with Crippen molar-refractivity contribution >= 4 is 40.6 Å². The number of hydrogen-bond acceptors (Lipinski definition) is 5. The van der Waals surface area contributed by atoms with Crippen molar-refractivity contribution in [2.24, 2.45) is 0 Å². The summed E-state index contributed by atoms with van der Waals surface area (Å²) in [7, 11) is 0. The van der Waals surface area contributed by atoms with Gasteiger partial charge in [-0.25, -0.2) is 14.8 Å². The molecule has 0 radical (unpaired) electrons. The van der Waals surface area contributed by atoms with Gasteiger partial charge in [0.1, 0.15) is 18.0 Å². The van der Waals surface area contributed by atoms with Crippen LogP contribution in [-0.4, -0.2) is 21.0 Å². The monoisotopic (exact) mass is 354 g/mol. The molecule has 0 bridgehead atoms. The molecule has 2 aromatic carbocycles. The summed E-state index contributed by atoms with van der Waals surface area (Å²) in [5, 5.41) is 16.0. The first-order valence-corrected chi connectivity index (χ1v) is 7.85. The van der Waals surface area contributed by atoms with Crippen LogP contribution in [0.25, 0.3) is 0 Å². The molecule has 0 fully saturated rings. The second kappa shape index (κ2) is 7.19. The Morgan fingerprint density at radius 1 is 1.04 bits per heavy atom. The lowest BCUT2D eigenvalue weighted by atomic mass is 10.2. The molecule has 0 atom stereocenters. The lowest BCUT2D eigenvalue weighted by molar-refractivity contribution is 0.0697. The summed E-state index contributed by atoms with van der Waals surface area (Å²) < 4.78 is 0. The molecule has 25 heavy (non-hydrogen) atoms. The number of anilines is 4. The van der Waals surface area contributed by atoms with Gasteiger partial charge in [-0.15, -0.1) is 0 Å². The minimum atomic E-state index is -0.981. The fourth-order valence-electron chi connectivity index (χ4n) is 2.24. The molecule has 0 unspecified atom stereocenters. The predicted octanol–water partition coefficient (Wildman–Crippen LogP) is 4.62. The number of halogens is 1. The third-order valence-electron chi connectivity index (χ3n) is 3.51. The highest BCUT2D eigenvalue weighted by atomic mass is 35.5. The Morgan fingerprint density at radius 2 is 1.80 bits per heavy atom. The van der Waals surface area contributed by atoms with Crippen molar-refractivity contribution in [1.29, 1.82) is 0 Å². The zero-order chi connectivity index (χ0) is 17.8. The molecule has 3 N–H and O–H groups in total. The van der Waals surface area contributed by atoms with Crippen LogP contribution in [0.5, 0.6) is 0 Å². The third kappa shape index (κ3) is 4.24. The Labute approximate surface area is 149 Å². The Bertz CT molecular complexity index is 930. The van der Waals surface area contributed by atoms with Crippen molar-refractivity contribution in [1.82, 2.24) is 9.97 Å². The van der Waals surface area contributed by atoms with Crippen LogP contribution in [0, 0.1) is 6.92 Å². The molecule has 0 spiro atoms. The van der Waals surface area contributed by atoms with Crippen LogP contribution in [0.3, 0.4) is 0 Å². The number of carboxylic acid groups (broad SMARTS) is 1. The number of nitrogens with zero attached hydrogens (tertiary/aromatic N) is 2. The molecule has 3 rings (SSSR count). The maximum Gasteiger partial charge on any atom is 0.335 e. The topological polar surface area (TPSA) is 87.1 Å². The fraction of sp³-hybridized carbons (Fsp3) is 0.0556. The molecule has 0 saturated heterocycles. The number of rotatable bonds is 5. The van der Waals surface area contributed by atoms with Crippen LogP contribution >= 0.6 is 11.6 Å². The normalized spacial score (nSPS) is 10.3. The molecule has 7 heteroatoms. The van der Waals surface area contributed by atoms with E-state index in [2.05, 4.69) is 20.6 Å². The van der Waals surface area contributed by atoms with Crippen molar-refractivity contribution in [3.05, 3.63) is 71.0 Å². The van der Waals surface area contributed by atoms with Gasteiger partial charge in [-0.2, -0.15) is 0 Å². The second-order valence-corrected chi connectivity index (χ2v) is 5.82. The van der Waals surface area contributed by atoms with Crippen molar-refractivity contribution in [2.75, 3.05) is 10.6 Å². The van der Waals surface area contributed by atoms with E-state index in [-0.39, 0.29) is 5.56 Å². The average molecular weight is 355 g/mol. The first kappa shape index (κ1) is 16.7. The van der Waals surface area contributed by atoms with Gasteiger partial charge >= 0.3 is 5.97 Å². The summed E-state index contributed by atoms with van der Waals surface area (Å²) in [6.45, 7) is 1.97. The molecule has 1 heterocycles. The molecular formula is C18H15ClN4O2. The van der Waals surface area contributed by atoms with Gasteiger partial charge in [0.2, 0.25) is 0 Å². The molecule has 0 saturated carbocycles. The Balaban J connectivity index is 1.81. The zero-order valence-corrected chi connectivity index (χ0v) is 14.1. The van der Waals surface area contributed by atoms with Gasteiger partial charge in [0.25, 0.3) is 0 Å². The maximum absolute atomic E-state index is 11.0. The lowest BCUT2D eigenvalue weighted by Crippen LogP contribution is -2.01. The molecule has 0 aliphatic carbocycles. The Kier molecular flexibility index (Phi) is 4.81. The highest BCUT2D eigenvalue weighted by Crippen LogP contribution is 2.24. The van der Waals surface area contributed by atoms with E-state index in [9.17, 15) is 4.79 Å². The van der Waals surface area contributed by atoms with Crippen LogP contribution in [0.15, 0.2) is 54.9 Å². The number of carbonyl (C=O) groups is 1. The Hall–Kier alpha value is -3.12. The van der Waals surface area contributed by atoms with Crippen LogP contribution in [0.1, 0.15) is 15.9 Å². The molecule has 0 aliphatic rings. The maximum atomic E-state index is 11.0. The minimum Gasteiger partial charge on any atom is -0.478 e. The van der Waals surface area contributed by atoms with Gasteiger partial charge in [0.15, 0.2) is 0 Å². The molecule has 1 aromatic heterocycles. The van der Waals surface area contributed by atoms with E-state index >= 15 is 0 Å². The first-order chi connectivity index (χ1) is 12.0. The summed E-state index contributed by atoms with van der Waals surface area (Å²) in [6, 6.07) is 13.8. The second-order valence-electron chi connectivity index (χ2n) is 5.38. The van der Waals surface area contributed by atoms with Gasteiger partial charge in [0, 0.05) is 22.5 Å². The van der Waals surface area contributed by atoms with Crippen LogP contribution in [0.4, 0.5) is 23.0 Å². The van der Waals surface area contributed by atoms with E-state index in [4.69, 9.17) is 16.7 Å². The fourth-order valence-corrected chi connectivity index (χ4v) is 2.41. The number of aryl methyl sites for hydroxylation is 1. The Morgan fingerprint density at radius 3 is 2.56 bits per heavy atom. The van der Waals surface area contributed by atoms with E-state index in [0.717, 1.165) is 11.3 Å². The average Bonchev–Trinajstić information content (AvgIpc) is 2.59. The number of hydrogen-bond donors (Lipinski definition) is 3. The van der Waals surface area contributed by atoms with Gasteiger partial charge in [0.05, 0.1) is 5.56 Å². The van der Waals surface area contributed by atoms with Crippen molar-refractivity contribution < 1.29 is 9.90 Å². The van der Waals surface area contributed by atoms with Crippen LogP contribution < -0.4 is 10.6 Å². The van der Waals surface area contributed by atoms with Gasteiger partial charge in [-0.05, 0) is 42.8 Å². The SMILES string of the molecule is Cc1ccc(Cl)cc1Nc1cc(Nc2cccc(C(=O)O)c2)ncn1. The van der Waals surface area contributed by atoms with E-state index in [1.807, 2.05) is 25.1 Å². The highest BCUT2D eigenvalue weighted by molar-refractivity contribution is 6.30. The summed E-state index contributed by atoms with van der Waals surface area (Å²) in [5.41, 5.74) is 2.71. The highest BCUT2D eigenvalue weighted by Gasteiger charge is 2.06. The molecule has 0 aliphatic heterocycles. The van der Waals surface area contributed by atoms with Crippen molar-refractivity contribution in [3.63, 3.8) is 0 Å². The largest absolute Gasteiger partial charge is 0.478 e. The number of nitrogens with one attached hydrogen (secondary N) is 2. The van der Waals surface area contributed by atoms with Gasteiger partial charge in [-0.3, -0.25) is 0 Å².